The van der Waals surface area contributed by atoms with Crippen LogP contribution < -0.4 is 0 Å². The number of aromatic nitrogens is 1. The molecule has 1 heterocycles. The summed E-state index contributed by atoms with van der Waals surface area (Å²) in [5, 5.41) is 27.0. The van der Waals surface area contributed by atoms with Crippen LogP contribution in [0.2, 0.25) is 0 Å². The fourth-order valence-electron chi connectivity index (χ4n) is 0.990. The van der Waals surface area contributed by atoms with Gasteiger partial charge in [0.15, 0.2) is 6.29 Å². The zero-order valence-electron chi connectivity index (χ0n) is 6.84. The summed E-state index contributed by atoms with van der Waals surface area (Å²) in [5.74, 6) is 0. The van der Waals surface area contributed by atoms with E-state index in [0.29, 0.717) is 17.5 Å². The van der Waals surface area contributed by atoms with Crippen molar-refractivity contribution in [2.45, 2.75) is 12.2 Å². The minimum Gasteiger partial charge on any atom is -0.394 e. The molecule has 0 aliphatic rings. The first kappa shape index (κ1) is 9.91. The molecule has 0 fully saturated rings. The van der Waals surface area contributed by atoms with E-state index in [1.807, 2.05) is 0 Å². The average molecular weight is 185 g/mol. The van der Waals surface area contributed by atoms with Gasteiger partial charge in [0.2, 0.25) is 0 Å². The monoisotopic (exact) mass is 185 g/mol. The Kier molecular flexibility index (Phi) is 3.18. The Balaban J connectivity index is 2.76. The molecular weight excluding hydrogens is 174 g/mol. The number of hydrogen-bond donors (Lipinski definition) is 4. The first-order valence-electron chi connectivity index (χ1n) is 3.79. The molecule has 1 aromatic heterocycles. The van der Waals surface area contributed by atoms with Crippen molar-refractivity contribution in [2.75, 3.05) is 6.61 Å². The van der Waals surface area contributed by atoms with Crippen molar-refractivity contribution in [3.05, 3.63) is 23.5 Å². The fourth-order valence-corrected chi connectivity index (χ4v) is 0.990. The van der Waals surface area contributed by atoms with Crippen molar-refractivity contribution in [2.24, 2.45) is 0 Å². The number of aromatic amines is 1. The molecule has 0 bridgehead atoms. The maximum absolute atomic E-state index is 10.3. The highest BCUT2D eigenvalue weighted by Gasteiger charge is 2.18. The summed E-state index contributed by atoms with van der Waals surface area (Å²) in [6, 6.07) is 1.41. The highest BCUT2D eigenvalue weighted by molar-refractivity contribution is 5.72. The molecule has 0 amide bonds. The van der Waals surface area contributed by atoms with Gasteiger partial charge in [-0.3, -0.25) is 4.79 Å². The third kappa shape index (κ3) is 2.15. The Morgan fingerprint density at radius 3 is 2.69 bits per heavy atom. The molecule has 0 radical (unpaired) electrons. The molecule has 0 aliphatic carbocycles. The highest BCUT2D eigenvalue weighted by Crippen LogP contribution is 2.16. The van der Waals surface area contributed by atoms with Crippen LogP contribution in [0.25, 0.3) is 0 Å². The third-order valence-corrected chi connectivity index (χ3v) is 1.75. The normalized spacial score (nSPS) is 15.3. The van der Waals surface area contributed by atoms with Crippen LogP contribution in [-0.4, -0.2) is 39.3 Å². The van der Waals surface area contributed by atoms with E-state index >= 15 is 0 Å². The first-order chi connectivity index (χ1) is 6.19. The topological polar surface area (TPSA) is 93.6 Å². The Hall–Kier alpha value is -1.17. The predicted octanol–water partition coefficient (Wildman–Crippen LogP) is -0.786. The van der Waals surface area contributed by atoms with Gasteiger partial charge in [-0.2, -0.15) is 0 Å². The smallest absolute Gasteiger partial charge is 0.166 e. The van der Waals surface area contributed by atoms with Crippen molar-refractivity contribution < 1.29 is 20.1 Å². The molecule has 5 heteroatoms. The SMILES string of the molecule is O=Cc1cc(C(O)C(O)CO)c[nH]1. The second kappa shape index (κ2) is 4.18. The van der Waals surface area contributed by atoms with E-state index in [4.69, 9.17) is 10.2 Å². The van der Waals surface area contributed by atoms with Crippen LogP contribution in [0.3, 0.4) is 0 Å². The van der Waals surface area contributed by atoms with E-state index < -0.39 is 18.8 Å². The molecule has 0 spiro atoms. The van der Waals surface area contributed by atoms with E-state index in [2.05, 4.69) is 4.98 Å². The van der Waals surface area contributed by atoms with Gasteiger partial charge in [0, 0.05) is 11.8 Å². The van der Waals surface area contributed by atoms with Crippen LogP contribution in [-0.2, 0) is 0 Å². The molecule has 72 valence electrons. The van der Waals surface area contributed by atoms with E-state index in [9.17, 15) is 9.90 Å². The molecule has 2 unspecified atom stereocenters. The second-order valence-electron chi connectivity index (χ2n) is 2.70. The van der Waals surface area contributed by atoms with Crippen LogP contribution in [0, 0.1) is 0 Å². The van der Waals surface area contributed by atoms with Crippen molar-refractivity contribution >= 4 is 6.29 Å². The molecule has 0 saturated heterocycles. The van der Waals surface area contributed by atoms with Gasteiger partial charge in [0.25, 0.3) is 0 Å². The molecular formula is C8H11NO4. The lowest BCUT2D eigenvalue weighted by Gasteiger charge is -2.13. The molecule has 0 saturated carbocycles. The largest absolute Gasteiger partial charge is 0.394 e. The lowest BCUT2D eigenvalue weighted by atomic mass is 10.1. The minimum absolute atomic E-state index is 0.319. The predicted molar refractivity (Wildman–Crippen MR) is 44.2 cm³/mol. The summed E-state index contributed by atoms with van der Waals surface area (Å²) in [7, 11) is 0. The number of aliphatic hydroxyl groups is 3. The van der Waals surface area contributed by atoms with Gasteiger partial charge < -0.3 is 20.3 Å². The lowest BCUT2D eigenvalue weighted by molar-refractivity contribution is -0.0152. The maximum Gasteiger partial charge on any atom is 0.166 e. The lowest BCUT2D eigenvalue weighted by Crippen LogP contribution is -2.21. The van der Waals surface area contributed by atoms with Crippen LogP contribution in [0.5, 0.6) is 0 Å². The van der Waals surface area contributed by atoms with Crippen LogP contribution >= 0.6 is 0 Å². The summed E-state index contributed by atoms with van der Waals surface area (Å²) >= 11 is 0. The Bertz CT molecular complexity index is 283. The molecule has 13 heavy (non-hydrogen) atoms. The zero-order chi connectivity index (χ0) is 9.84. The highest BCUT2D eigenvalue weighted by atomic mass is 16.4. The third-order valence-electron chi connectivity index (χ3n) is 1.75. The van der Waals surface area contributed by atoms with E-state index in [-0.39, 0.29) is 0 Å². The molecule has 2 atom stereocenters. The first-order valence-corrected chi connectivity index (χ1v) is 3.79. The number of carbonyl (C=O) groups excluding carboxylic acids is 1. The van der Waals surface area contributed by atoms with E-state index in [0.717, 1.165) is 0 Å². The molecule has 5 nitrogen and oxygen atoms in total. The maximum atomic E-state index is 10.3. The quantitative estimate of drug-likeness (QED) is 0.462. The molecule has 4 N–H and O–H groups in total. The number of rotatable bonds is 4. The summed E-state index contributed by atoms with van der Waals surface area (Å²) in [6.07, 6.45) is -0.389. The zero-order valence-corrected chi connectivity index (χ0v) is 6.84. The second-order valence-corrected chi connectivity index (χ2v) is 2.70. The summed E-state index contributed by atoms with van der Waals surface area (Å²) in [4.78, 5) is 12.9. The van der Waals surface area contributed by atoms with Crippen LogP contribution in [0.15, 0.2) is 12.3 Å². The molecule has 0 aromatic carbocycles. The van der Waals surface area contributed by atoms with Crippen molar-refractivity contribution in [1.29, 1.82) is 0 Å². The Morgan fingerprint density at radius 1 is 1.54 bits per heavy atom. The standard InChI is InChI=1S/C8H11NO4/c10-3-6-1-5(2-9-6)8(13)7(12)4-11/h1-3,7-9,11-13H,4H2. The number of aldehydes is 1. The summed E-state index contributed by atoms with van der Waals surface area (Å²) in [6.45, 7) is -0.525. The van der Waals surface area contributed by atoms with Crippen molar-refractivity contribution in [3.63, 3.8) is 0 Å². The van der Waals surface area contributed by atoms with Gasteiger partial charge in [-0.05, 0) is 6.07 Å². The molecule has 0 aliphatic heterocycles. The fraction of sp³-hybridized carbons (Fsp3) is 0.375. The van der Waals surface area contributed by atoms with Gasteiger partial charge in [-0.15, -0.1) is 0 Å². The van der Waals surface area contributed by atoms with Gasteiger partial charge in [-0.25, -0.2) is 0 Å². The summed E-state index contributed by atoms with van der Waals surface area (Å²) in [5.41, 5.74) is 0.697. The molecule has 1 rings (SSSR count). The van der Waals surface area contributed by atoms with E-state index in [1.165, 1.54) is 12.3 Å². The van der Waals surface area contributed by atoms with Crippen LogP contribution in [0.1, 0.15) is 22.2 Å². The molecule has 1 aromatic rings. The van der Waals surface area contributed by atoms with Gasteiger partial charge in [0.1, 0.15) is 12.2 Å². The average Bonchev–Trinajstić information content (AvgIpc) is 2.63. The van der Waals surface area contributed by atoms with Crippen molar-refractivity contribution in [1.82, 2.24) is 4.98 Å². The van der Waals surface area contributed by atoms with Crippen LogP contribution in [0.4, 0.5) is 0 Å². The Labute approximate surface area is 74.6 Å². The van der Waals surface area contributed by atoms with Crippen molar-refractivity contribution in [3.8, 4) is 0 Å². The number of nitrogens with one attached hydrogen (secondary N) is 1. The Morgan fingerprint density at radius 2 is 2.23 bits per heavy atom. The van der Waals surface area contributed by atoms with Gasteiger partial charge in [0.05, 0.1) is 12.3 Å². The van der Waals surface area contributed by atoms with Gasteiger partial charge >= 0.3 is 0 Å². The minimum atomic E-state index is -1.23. The number of hydrogen-bond acceptors (Lipinski definition) is 4. The van der Waals surface area contributed by atoms with Gasteiger partial charge in [-0.1, -0.05) is 0 Å². The van der Waals surface area contributed by atoms with E-state index in [1.54, 1.807) is 0 Å². The number of carbonyl (C=O) groups is 1. The number of H-pyrrole nitrogens is 1. The number of aliphatic hydroxyl groups excluding tert-OH is 3. The summed E-state index contributed by atoms with van der Waals surface area (Å²) < 4.78 is 0.